The van der Waals surface area contributed by atoms with Gasteiger partial charge in [-0.15, -0.1) is 11.8 Å². The van der Waals surface area contributed by atoms with Crippen molar-refractivity contribution in [3.8, 4) is 0 Å². The number of nitrogens with one attached hydrogen (secondary N) is 1. The van der Waals surface area contributed by atoms with E-state index in [-0.39, 0.29) is 5.91 Å². The lowest BCUT2D eigenvalue weighted by Crippen LogP contribution is -2.00. The van der Waals surface area contributed by atoms with Crippen LogP contribution in [0.2, 0.25) is 5.02 Å². The Morgan fingerprint density at radius 1 is 1.30 bits per heavy atom. The summed E-state index contributed by atoms with van der Waals surface area (Å²) >= 11 is 12.6. The molecule has 4 nitrogen and oxygen atoms in total. The van der Waals surface area contributed by atoms with Gasteiger partial charge in [0, 0.05) is 21.3 Å². The Bertz CT molecular complexity index is 1120. The van der Waals surface area contributed by atoms with Crippen molar-refractivity contribution in [1.29, 1.82) is 0 Å². The fourth-order valence-corrected chi connectivity index (χ4v) is 5.19. The highest BCUT2D eigenvalue weighted by Crippen LogP contribution is 2.39. The number of aromatic amines is 1. The van der Waals surface area contributed by atoms with Crippen LogP contribution >= 0.6 is 51.1 Å². The normalized spacial score (nSPS) is 16.1. The molecule has 1 amide bonds. The minimum atomic E-state index is -0.184. The van der Waals surface area contributed by atoms with E-state index in [1.54, 1.807) is 6.20 Å². The molecule has 1 aliphatic heterocycles. The summed E-state index contributed by atoms with van der Waals surface area (Å²) in [7, 11) is 0. The number of thioether (sulfide) groups is 2. The molecule has 0 atom stereocenters. The zero-order chi connectivity index (χ0) is 19.0. The van der Waals surface area contributed by atoms with Gasteiger partial charge in [0.1, 0.15) is 4.38 Å². The van der Waals surface area contributed by atoms with Gasteiger partial charge >= 0.3 is 0 Å². The van der Waals surface area contributed by atoms with Crippen LogP contribution in [-0.2, 0) is 11.2 Å². The van der Waals surface area contributed by atoms with Crippen LogP contribution in [0.15, 0.2) is 57.0 Å². The summed E-state index contributed by atoms with van der Waals surface area (Å²) < 4.78 is 1.69. The molecule has 27 heavy (non-hydrogen) atoms. The first-order valence-electron chi connectivity index (χ1n) is 8.00. The largest absolute Gasteiger partial charge is 0.285 e. The number of hydrogen-bond donors (Lipinski definition) is 1. The summed E-state index contributed by atoms with van der Waals surface area (Å²) in [6.45, 7) is 0. The topological polar surface area (TPSA) is 58.1 Å². The number of fused-ring (bicyclic) bond motifs is 1. The van der Waals surface area contributed by atoms with E-state index in [1.807, 2.05) is 36.6 Å². The van der Waals surface area contributed by atoms with E-state index in [0.717, 1.165) is 36.5 Å². The van der Waals surface area contributed by atoms with Gasteiger partial charge in [0.05, 0.1) is 16.6 Å². The van der Waals surface area contributed by atoms with Crippen LogP contribution in [-0.4, -0.2) is 26.7 Å². The Balaban J connectivity index is 1.83. The smallest absolute Gasteiger partial charge is 0.278 e. The maximum absolute atomic E-state index is 12.6. The molecule has 136 valence electrons. The Kier molecular flexibility index (Phi) is 5.45. The predicted molar refractivity (Wildman–Crippen MR) is 119 cm³/mol. The van der Waals surface area contributed by atoms with E-state index in [1.165, 1.54) is 23.5 Å². The summed E-state index contributed by atoms with van der Waals surface area (Å²) in [5.41, 5.74) is 3.95. The second kappa shape index (κ2) is 7.83. The van der Waals surface area contributed by atoms with Crippen LogP contribution < -0.4 is 0 Å². The van der Waals surface area contributed by atoms with E-state index < -0.39 is 0 Å². The third-order valence-corrected chi connectivity index (χ3v) is 7.25. The molecular weight excluding hydrogens is 466 g/mol. The molecule has 0 unspecified atom stereocenters. The fraction of sp³-hybridized carbons (Fsp3) is 0.105. The van der Waals surface area contributed by atoms with Gasteiger partial charge in [-0.25, -0.2) is 0 Å². The lowest BCUT2D eigenvalue weighted by molar-refractivity contribution is -0.113. The van der Waals surface area contributed by atoms with Gasteiger partial charge in [0.25, 0.3) is 5.91 Å². The van der Waals surface area contributed by atoms with E-state index in [4.69, 9.17) is 11.6 Å². The average molecular weight is 479 g/mol. The zero-order valence-corrected chi connectivity index (χ0v) is 18.1. The molecule has 1 aromatic heterocycles. The Labute approximate surface area is 178 Å². The van der Waals surface area contributed by atoms with Crippen LogP contribution in [0.4, 0.5) is 0 Å². The van der Waals surface area contributed by atoms with Crippen molar-refractivity contribution in [2.45, 2.75) is 6.42 Å². The van der Waals surface area contributed by atoms with E-state index >= 15 is 0 Å². The Morgan fingerprint density at radius 3 is 2.89 bits per heavy atom. The molecule has 1 N–H and O–H groups in total. The SMILES string of the molecule is CSC1=NC(=O)C(=C(Cc2ccc(Cl)cc2Br)c2ccc3[nH]ncc3c2)S1. The molecular formula is C19H13BrClN3OS2. The summed E-state index contributed by atoms with van der Waals surface area (Å²) in [5, 5.41) is 8.71. The number of halogens is 2. The van der Waals surface area contributed by atoms with E-state index in [2.05, 4.69) is 37.2 Å². The first kappa shape index (κ1) is 18.8. The van der Waals surface area contributed by atoms with E-state index in [9.17, 15) is 4.79 Å². The highest BCUT2D eigenvalue weighted by molar-refractivity contribution is 9.10. The first-order chi connectivity index (χ1) is 13.0. The zero-order valence-electron chi connectivity index (χ0n) is 14.1. The molecule has 8 heteroatoms. The second-order valence-electron chi connectivity index (χ2n) is 5.88. The summed E-state index contributed by atoms with van der Waals surface area (Å²) in [6, 6.07) is 11.7. The number of carbonyl (C=O) groups excluding carboxylic acids is 1. The second-order valence-corrected chi connectivity index (χ2v) is 9.22. The number of aliphatic imine (C=N–C) groups is 1. The fourth-order valence-electron chi connectivity index (χ4n) is 2.86. The maximum Gasteiger partial charge on any atom is 0.285 e. The summed E-state index contributed by atoms with van der Waals surface area (Å²) in [5.74, 6) is -0.184. The highest BCUT2D eigenvalue weighted by atomic mass is 79.9. The van der Waals surface area contributed by atoms with Crippen LogP contribution in [0.5, 0.6) is 0 Å². The molecule has 1 aliphatic rings. The number of hydrogen-bond acceptors (Lipinski definition) is 4. The molecule has 3 aromatic rings. The molecule has 0 bridgehead atoms. The summed E-state index contributed by atoms with van der Waals surface area (Å²) in [6.07, 6.45) is 4.30. The van der Waals surface area contributed by atoms with Gasteiger partial charge in [-0.2, -0.15) is 10.1 Å². The van der Waals surface area contributed by atoms with Crippen molar-refractivity contribution in [2.24, 2.45) is 4.99 Å². The van der Waals surface area contributed by atoms with Crippen LogP contribution in [0.3, 0.4) is 0 Å². The van der Waals surface area contributed by atoms with Crippen molar-refractivity contribution < 1.29 is 4.79 Å². The van der Waals surface area contributed by atoms with Gasteiger partial charge in [-0.05, 0) is 47.2 Å². The van der Waals surface area contributed by atoms with Crippen molar-refractivity contribution in [3.05, 3.63) is 68.1 Å². The lowest BCUT2D eigenvalue weighted by Gasteiger charge is -2.13. The third kappa shape index (κ3) is 3.87. The Hall–Kier alpha value is -1.54. The quantitative estimate of drug-likeness (QED) is 0.474. The predicted octanol–water partition coefficient (Wildman–Crippen LogP) is 5.93. The Morgan fingerprint density at radius 2 is 2.15 bits per heavy atom. The van der Waals surface area contributed by atoms with Crippen LogP contribution in [0, 0.1) is 0 Å². The third-order valence-electron chi connectivity index (χ3n) is 4.20. The molecule has 0 saturated carbocycles. The van der Waals surface area contributed by atoms with Crippen molar-refractivity contribution in [3.63, 3.8) is 0 Å². The van der Waals surface area contributed by atoms with Crippen LogP contribution in [0.25, 0.3) is 16.5 Å². The molecule has 0 saturated heterocycles. The van der Waals surface area contributed by atoms with Crippen molar-refractivity contribution in [1.82, 2.24) is 10.2 Å². The molecule has 2 aromatic carbocycles. The van der Waals surface area contributed by atoms with Gasteiger partial charge in [0.15, 0.2) is 0 Å². The van der Waals surface area contributed by atoms with Crippen molar-refractivity contribution in [2.75, 3.05) is 6.26 Å². The average Bonchev–Trinajstić information content (AvgIpc) is 3.26. The standard InChI is InChI=1S/C19H13BrClN3OS2/c1-26-19-23-18(25)17(27-19)14(7-11-2-4-13(21)8-15(11)20)10-3-5-16-12(6-10)9-22-24-16/h2-6,8-9H,7H2,1H3,(H,22,24). The molecule has 0 fully saturated rings. The molecule has 2 heterocycles. The minimum absolute atomic E-state index is 0.184. The van der Waals surface area contributed by atoms with Crippen LogP contribution in [0.1, 0.15) is 11.1 Å². The summed E-state index contributed by atoms with van der Waals surface area (Å²) in [4.78, 5) is 17.4. The minimum Gasteiger partial charge on any atom is -0.278 e. The molecule has 0 spiro atoms. The molecule has 0 radical (unpaired) electrons. The first-order valence-corrected chi connectivity index (χ1v) is 11.2. The lowest BCUT2D eigenvalue weighted by atomic mass is 9.96. The van der Waals surface area contributed by atoms with Gasteiger partial charge in [-0.3, -0.25) is 9.89 Å². The van der Waals surface area contributed by atoms with Gasteiger partial charge < -0.3 is 0 Å². The van der Waals surface area contributed by atoms with Crippen molar-refractivity contribution >= 4 is 77.8 Å². The number of allylic oxidation sites excluding steroid dienone is 1. The highest BCUT2D eigenvalue weighted by Gasteiger charge is 2.26. The number of nitrogens with zero attached hydrogens (tertiary/aromatic N) is 2. The molecule has 0 aliphatic carbocycles. The number of aromatic nitrogens is 2. The number of H-pyrrole nitrogens is 1. The number of rotatable bonds is 3. The van der Waals surface area contributed by atoms with E-state index in [0.29, 0.717) is 16.3 Å². The maximum atomic E-state index is 12.6. The number of benzene rings is 2. The number of carbonyl (C=O) groups is 1. The van der Waals surface area contributed by atoms with Gasteiger partial charge in [-0.1, -0.05) is 51.4 Å². The monoisotopic (exact) mass is 477 g/mol. The number of amides is 1. The molecule has 4 rings (SSSR count). The van der Waals surface area contributed by atoms with Gasteiger partial charge in [0.2, 0.25) is 0 Å².